The second-order valence-electron chi connectivity index (χ2n) is 4.28. The average molecular weight is 228 g/mol. The number of aromatic nitrogens is 2. The van der Waals surface area contributed by atoms with Gasteiger partial charge in [-0.15, -0.1) is 0 Å². The summed E-state index contributed by atoms with van der Waals surface area (Å²) in [6.45, 7) is 4.11. The number of rotatable bonds is 3. The van der Waals surface area contributed by atoms with Crippen molar-refractivity contribution in [3.8, 4) is 0 Å². The van der Waals surface area contributed by atoms with E-state index < -0.39 is 6.10 Å². The molecule has 0 spiro atoms. The molecule has 0 amide bonds. The van der Waals surface area contributed by atoms with Crippen molar-refractivity contribution in [2.45, 2.75) is 26.4 Å². The van der Waals surface area contributed by atoms with Crippen molar-refractivity contribution < 1.29 is 5.11 Å². The topological polar surface area (TPSA) is 46.0 Å². The van der Waals surface area contributed by atoms with Crippen LogP contribution in [0.15, 0.2) is 36.8 Å². The third-order valence-corrected chi connectivity index (χ3v) is 2.86. The van der Waals surface area contributed by atoms with Gasteiger partial charge in [-0.25, -0.2) is 9.97 Å². The van der Waals surface area contributed by atoms with E-state index in [0.717, 1.165) is 5.56 Å². The first-order chi connectivity index (χ1) is 8.16. The molecule has 1 aromatic heterocycles. The van der Waals surface area contributed by atoms with E-state index in [1.807, 2.05) is 0 Å². The summed E-state index contributed by atoms with van der Waals surface area (Å²) in [5.74, 6) is 0. The number of benzene rings is 1. The Morgan fingerprint density at radius 3 is 2.76 bits per heavy atom. The van der Waals surface area contributed by atoms with E-state index in [9.17, 15) is 5.11 Å². The Balaban J connectivity index is 2.18. The molecule has 88 valence electrons. The van der Waals surface area contributed by atoms with Crippen LogP contribution in [0, 0.1) is 13.8 Å². The Hall–Kier alpha value is -1.74. The molecule has 0 saturated heterocycles. The van der Waals surface area contributed by atoms with Gasteiger partial charge in [0, 0.05) is 12.6 Å². The Bertz CT molecular complexity index is 497. The number of nitrogens with zero attached hydrogens (tertiary/aromatic N) is 2. The fraction of sp³-hybridized carbons (Fsp3) is 0.286. The van der Waals surface area contributed by atoms with E-state index in [-0.39, 0.29) is 0 Å². The SMILES string of the molecule is Cc1ccc(C)c(CC(O)c2ccncn2)c1. The third kappa shape index (κ3) is 2.88. The molecule has 0 fully saturated rings. The lowest BCUT2D eigenvalue weighted by Gasteiger charge is -2.12. The molecule has 1 N–H and O–H groups in total. The molecule has 2 rings (SSSR count). The molecule has 1 atom stereocenters. The zero-order chi connectivity index (χ0) is 12.3. The highest BCUT2D eigenvalue weighted by Crippen LogP contribution is 2.19. The highest BCUT2D eigenvalue weighted by molar-refractivity contribution is 5.31. The van der Waals surface area contributed by atoms with Gasteiger partial charge in [0.1, 0.15) is 12.4 Å². The maximum Gasteiger partial charge on any atom is 0.115 e. The van der Waals surface area contributed by atoms with Crippen LogP contribution in [0.25, 0.3) is 0 Å². The maximum absolute atomic E-state index is 10.1. The van der Waals surface area contributed by atoms with Gasteiger partial charge in [0.25, 0.3) is 0 Å². The summed E-state index contributed by atoms with van der Waals surface area (Å²) in [5.41, 5.74) is 4.24. The first-order valence-electron chi connectivity index (χ1n) is 5.67. The highest BCUT2D eigenvalue weighted by atomic mass is 16.3. The van der Waals surface area contributed by atoms with Crippen molar-refractivity contribution >= 4 is 0 Å². The molecular formula is C14H16N2O. The molecule has 1 unspecified atom stereocenters. The van der Waals surface area contributed by atoms with Crippen LogP contribution in [0.5, 0.6) is 0 Å². The van der Waals surface area contributed by atoms with Crippen LogP contribution in [0.4, 0.5) is 0 Å². The van der Waals surface area contributed by atoms with Crippen LogP contribution in [-0.2, 0) is 6.42 Å². The minimum Gasteiger partial charge on any atom is -0.386 e. The minimum atomic E-state index is -0.571. The Morgan fingerprint density at radius 2 is 2.06 bits per heavy atom. The first kappa shape index (κ1) is 11.7. The maximum atomic E-state index is 10.1. The van der Waals surface area contributed by atoms with E-state index in [1.165, 1.54) is 17.5 Å². The van der Waals surface area contributed by atoms with E-state index in [4.69, 9.17) is 0 Å². The van der Waals surface area contributed by atoms with Gasteiger partial charge in [0.15, 0.2) is 0 Å². The predicted molar refractivity (Wildman–Crippen MR) is 66.6 cm³/mol. The smallest absolute Gasteiger partial charge is 0.115 e. The molecule has 17 heavy (non-hydrogen) atoms. The molecule has 0 radical (unpaired) electrons. The molecule has 1 aromatic carbocycles. The summed E-state index contributed by atoms with van der Waals surface area (Å²) in [5, 5.41) is 10.1. The molecule has 1 heterocycles. The highest BCUT2D eigenvalue weighted by Gasteiger charge is 2.11. The second-order valence-corrected chi connectivity index (χ2v) is 4.28. The summed E-state index contributed by atoms with van der Waals surface area (Å²) in [6.07, 6.45) is 3.12. The summed E-state index contributed by atoms with van der Waals surface area (Å²) in [4.78, 5) is 7.91. The van der Waals surface area contributed by atoms with Gasteiger partial charge in [-0.2, -0.15) is 0 Å². The molecule has 0 aliphatic rings. The normalized spacial score (nSPS) is 12.4. The van der Waals surface area contributed by atoms with Crippen LogP contribution in [0.2, 0.25) is 0 Å². The van der Waals surface area contributed by atoms with Crippen LogP contribution in [-0.4, -0.2) is 15.1 Å². The largest absolute Gasteiger partial charge is 0.386 e. The fourth-order valence-corrected chi connectivity index (χ4v) is 1.83. The van der Waals surface area contributed by atoms with Crippen molar-refractivity contribution in [1.29, 1.82) is 0 Å². The molecule has 0 aliphatic heterocycles. The third-order valence-electron chi connectivity index (χ3n) is 2.86. The van der Waals surface area contributed by atoms with Gasteiger partial charge in [-0.1, -0.05) is 23.8 Å². The minimum absolute atomic E-state index is 0.571. The van der Waals surface area contributed by atoms with Gasteiger partial charge in [0.05, 0.1) is 5.69 Å². The second kappa shape index (κ2) is 5.06. The van der Waals surface area contributed by atoms with E-state index >= 15 is 0 Å². The number of hydrogen-bond acceptors (Lipinski definition) is 3. The molecular weight excluding hydrogens is 212 g/mol. The van der Waals surface area contributed by atoms with Gasteiger partial charge >= 0.3 is 0 Å². The van der Waals surface area contributed by atoms with Gasteiger partial charge in [-0.05, 0) is 31.0 Å². The van der Waals surface area contributed by atoms with Gasteiger partial charge in [-0.3, -0.25) is 0 Å². The van der Waals surface area contributed by atoms with Crippen molar-refractivity contribution in [1.82, 2.24) is 9.97 Å². The molecule has 0 bridgehead atoms. The molecule has 0 saturated carbocycles. The lowest BCUT2D eigenvalue weighted by molar-refractivity contribution is 0.173. The monoisotopic (exact) mass is 228 g/mol. The van der Waals surface area contributed by atoms with Gasteiger partial charge in [0.2, 0.25) is 0 Å². The summed E-state index contributed by atoms with van der Waals surface area (Å²) < 4.78 is 0. The quantitative estimate of drug-likeness (QED) is 0.877. The Kier molecular flexibility index (Phi) is 3.49. The molecule has 0 aliphatic carbocycles. The van der Waals surface area contributed by atoms with Crippen molar-refractivity contribution in [2.75, 3.05) is 0 Å². The van der Waals surface area contributed by atoms with Crippen LogP contribution in [0.1, 0.15) is 28.5 Å². The number of aliphatic hydroxyl groups is 1. The predicted octanol–water partition coefficient (Wildman–Crippen LogP) is 2.37. The van der Waals surface area contributed by atoms with E-state index in [2.05, 4.69) is 42.0 Å². The standard InChI is InChI=1S/C14H16N2O/c1-10-3-4-11(2)12(7-10)8-14(17)13-5-6-15-9-16-13/h3-7,9,14,17H,8H2,1-2H3. The summed E-state index contributed by atoms with van der Waals surface area (Å²) in [7, 11) is 0. The summed E-state index contributed by atoms with van der Waals surface area (Å²) in [6, 6.07) is 8.02. The van der Waals surface area contributed by atoms with Crippen molar-refractivity contribution in [2.24, 2.45) is 0 Å². The zero-order valence-corrected chi connectivity index (χ0v) is 10.1. The Labute approximate surface area is 101 Å². The zero-order valence-electron chi connectivity index (χ0n) is 10.1. The summed E-state index contributed by atoms with van der Waals surface area (Å²) >= 11 is 0. The average Bonchev–Trinajstić information content (AvgIpc) is 2.35. The molecule has 2 aromatic rings. The fourth-order valence-electron chi connectivity index (χ4n) is 1.83. The van der Waals surface area contributed by atoms with Crippen molar-refractivity contribution in [3.63, 3.8) is 0 Å². The lowest BCUT2D eigenvalue weighted by Crippen LogP contribution is -2.05. The van der Waals surface area contributed by atoms with E-state index in [1.54, 1.807) is 12.3 Å². The molecule has 3 heteroatoms. The first-order valence-corrected chi connectivity index (χ1v) is 5.67. The van der Waals surface area contributed by atoms with Crippen LogP contribution >= 0.6 is 0 Å². The van der Waals surface area contributed by atoms with Crippen LogP contribution < -0.4 is 0 Å². The van der Waals surface area contributed by atoms with Crippen molar-refractivity contribution in [3.05, 3.63) is 59.2 Å². The van der Waals surface area contributed by atoms with E-state index in [0.29, 0.717) is 12.1 Å². The van der Waals surface area contributed by atoms with Gasteiger partial charge < -0.3 is 5.11 Å². The Morgan fingerprint density at radius 1 is 1.24 bits per heavy atom. The number of hydrogen-bond donors (Lipinski definition) is 1. The molecule has 3 nitrogen and oxygen atoms in total. The number of aliphatic hydroxyl groups excluding tert-OH is 1. The lowest BCUT2D eigenvalue weighted by atomic mass is 9.99. The number of aryl methyl sites for hydroxylation is 2. The van der Waals surface area contributed by atoms with Crippen LogP contribution in [0.3, 0.4) is 0 Å².